The standard InChI is InChI=1S/C12H20N4O/c1-13-9-10-5-3-4-8-16(10)12-14-7-6-11(15-12)17-2/h6-7,10,13H,3-5,8-9H2,1-2H3. The fraction of sp³-hybridized carbons (Fsp3) is 0.667. The van der Waals surface area contributed by atoms with Crippen molar-refractivity contribution in [2.45, 2.75) is 25.3 Å². The zero-order chi connectivity index (χ0) is 12.1. The second kappa shape index (κ2) is 5.82. The van der Waals surface area contributed by atoms with E-state index in [2.05, 4.69) is 20.2 Å². The second-order valence-corrected chi connectivity index (χ2v) is 4.30. The molecule has 1 saturated heterocycles. The highest BCUT2D eigenvalue weighted by Gasteiger charge is 2.24. The minimum absolute atomic E-state index is 0.487. The van der Waals surface area contributed by atoms with Gasteiger partial charge in [-0.2, -0.15) is 4.98 Å². The van der Waals surface area contributed by atoms with E-state index >= 15 is 0 Å². The van der Waals surface area contributed by atoms with Crippen molar-refractivity contribution in [3.63, 3.8) is 0 Å². The van der Waals surface area contributed by atoms with Crippen molar-refractivity contribution in [1.29, 1.82) is 0 Å². The fourth-order valence-electron chi connectivity index (χ4n) is 2.30. The molecule has 1 aromatic heterocycles. The second-order valence-electron chi connectivity index (χ2n) is 4.30. The molecule has 1 fully saturated rings. The number of aromatic nitrogens is 2. The Morgan fingerprint density at radius 3 is 3.18 bits per heavy atom. The Bertz CT molecular complexity index is 356. The van der Waals surface area contributed by atoms with E-state index in [1.54, 1.807) is 19.4 Å². The minimum atomic E-state index is 0.487. The van der Waals surface area contributed by atoms with Gasteiger partial charge in [0.15, 0.2) is 0 Å². The zero-order valence-electron chi connectivity index (χ0n) is 10.5. The number of methoxy groups -OCH3 is 1. The van der Waals surface area contributed by atoms with E-state index < -0.39 is 0 Å². The Labute approximate surface area is 102 Å². The largest absolute Gasteiger partial charge is 0.481 e. The fourth-order valence-corrected chi connectivity index (χ4v) is 2.30. The maximum absolute atomic E-state index is 5.15. The quantitative estimate of drug-likeness (QED) is 0.847. The first kappa shape index (κ1) is 12.1. The third-order valence-electron chi connectivity index (χ3n) is 3.15. The number of ether oxygens (including phenoxy) is 1. The smallest absolute Gasteiger partial charge is 0.228 e. The predicted molar refractivity (Wildman–Crippen MR) is 67.5 cm³/mol. The van der Waals surface area contributed by atoms with E-state index in [9.17, 15) is 0 Å². The maximum Gasteiger partial charge on any atom is 0.228 e. The van der Waals surface area contributed by atoms with Crippen molar-refractivity contribution < 1.29 is 4.74 Å². The van der Waals surface area contributed by atoms with Gasteiger partial charge < -0.3 is 15.0 Å². The van der Waals surface area contributed by atoms with Crippen LogP contribution in [0.3, 0.4) is 0 Å². The summed E-state index contributed by atoms with van der Waals surface area (Å²) >= 11 is 0. The lowest BCUT2D eigenvalue weighted by Crippen LogP contribution is -2.45. The van der Waals surface area contributed by atoms with Crippen LogP contribution in [0.2, 0.25) is 0 Å². The van der Waals surface area contributed by atoms with Gasteiger partial charge in [0.25, 0.3) is 0 Å². The molecular weight excluding hydrogens is 216 g/mol. The van der Waals surface area contributed by atoms with Crippen molar-refractivity contribution in [3.8, 4) is 5.88 Å². The molecule has 1 unspecified atom stereocenters. The Balaban J connectivity index is 2.16. The Morgan fingerprint density at radius 2 is 2.41 bits per heavy atom. The van der Waals surface area contributed by atoms with Crippen molar-refractivity contribution in [3.05, 3.63) is 12.3 Å². The average Bonchev–Trinajstić information content (AvgIpc) is 2.40. The molecule has 1 aromatic rings. The molecule has 0 bridgehead atoms. The molecule has 2 heterocycles. The molecule has 5 nitrogen and oxygen atoms in total. The summed E-state index contributed by atoms with van der Waals surface area (Å²) < 4.78 is 5.15. The molecule has 94 valence electrons. The van der Waals surface area contributed by atoms with Crippen LogP contribution in [0.25, 0.3) is 0 Å². The highest BCUT2D eigenvalue weighted by molar-refractivity contribution is 5.34. The van der Waals surface area contributed by atoms with Crippen LogP contribution in [0.1, 0.15) is 19.3 Å². The van der Waals surface area contributed by atoms with Gasteiger partial charge in [-0.05, 0) is 26.3 Å². The number of rotatable bonds is 4. The van der Waals surface area contributed by atoms with Crippen LogP contribution in [-0.4, -0.2) is 43.3 Å². The maximum atomic E-state index is 5.15. The first-order valence-electron chi connectivity index (χ1n) is 6.13. The van der Waals surface area contributed by atoms with Crippen LogP contribution >= 0.6 is 0 Å². The molecule has 0 amide bonds. The third kappa shape index (κ3) is 2.85. The monoisotopic (exact) mass is 236 g/mol. The summed E-state index contributed by atoms with van der Waals surface area (Å²) in [6.45, 7) is 2.00. The van der Waals surface area contributed by atoms with Crippen LogP contribution in [0.15, 0.2) is 12.3 Å². The molecule has 0 spiro atoms. The SMILES string of the molecule is CNCC1CCCCN1c1nccc(OC)n1. The summed E-state index contributed by atoms with van der Waals surface area (Å²) in [5, 5.41) is 3.24. The number of nitrogens with zero attached hydrogens (tertiary/aromatic N) is 3. The van der Waals surface area contributed by atoms with Crippen LogP contribution < -0.4 is 15.0 Å². The lowest BCUT2D eigenvalue weighted by molar-refractivity contribution is 0.392. The lowest BCUT2D eigenvalue weighted by Gasteiger charge is -2.35. The van der Waals surface area contributed by atoms with Crippen molar-refractivity contribution in [2.75, 3.05) is 32.1 Å². The zero-order valence-corrected chi connectivity index (χ0v) is 10.5. The van der Waals surface area contributed by atoms with Gasteiger partial charge in [-0.15, -0.1) is 0 Å². The highest BCUT2D eigenvalue weighted by atomic mass is 16.5. The topological polar surface area (TPSA) is 50.3 Å². The lowest BCUT2D eigenvalue weighted by atomic mass is 10.0. The number of piperidine rings is 1. The van der Waals surface area contributed by atoms with Gasteiger partial charge in [0.2, 0.25) is 11.8 Å². The van der Waals surface area contributed by atoms with Gasteiger partial charge in [0, 0.05) is 31.4 Å². The van der Waals surface area contributed by atoms with E-state index in [1.165, 1.54) is 19.3 Å². The third-order valence-corrected chi connectivity index (χ3v) is 3.15. The molecule has 2 rings (SSSR count). The molecule has 17 heavy (non-hydrogen) atoms. The average molecular weight is 236 g/mol. The van der Waals surface area contributed by atoms with Crippen LogP contribution in [0.4, 0.5) is 5.95 Å². The van der Waals surface area contributed by atoms with Crippen molar-refractivity contribution in [2.24, 2.45) is 0 Å². The number of hydrogen-bond acceptors (Lipinski definition) is 5. The van der Waals surface area contributed by atoms with E-state index in [-0.39, 0.29) is 0 Å². The Morgan fingerprint density at radius 1 is 1.53 bits per heavy atom. The Hall–Kier alpha value is -1.36. The van der Waals surface area contributed by atoms with Crippen LogP contribution in [0, 0.1) is 0 Å². The summed E-state index contributed by atoms with van der Waals surface area (Å²) in [7, 11) is 3.62. The normalized spacial score (nSPS) is 20.4. The van der Waals surface area contributed by atoms with E-state index in [0.717, 1.165) is 19.0 Å². The molecule has 1 N–H and O–H groups in total. The van der Waals surface area contributed by atoms with Gasteiger partial charge in [0.05, 0.1) is 7.11 Å². The molecule has 1 atom stereocenters. The minimum Gasteiger partial charge on any atom is -0.481 e. The summed E-state index contributed by atoms with van der Waals surface area (Å²) in [6.07, 6.45) is 5.45. The molecule has 5 heteroatoms. The van der Waals surface area contributed by atoms with E-state index in [0.29, 0.717) is 11.9 Å². The molecule has 0 aliphatic carbocycles. The number of anilines is 1. The van der Waals surface area contributed by atoms with Crippen molar-refractivity contribution in [1.82, 2.24) is 15.3 Å². The number of hydrogen-bond donors (Lipinski definition) is 1. The highest BCUT2D eigenvalue weighted by Crippen LogP contribution is 2.22. The van der Waals surface area contributed by atoms with E-state index in [1.807, 2.05) is 7.05 Å². The Kier molecular flexibility index (Phi) is 4.14. The number of likely N-dealkylation sites (N-methyl/N-ethyl adjacent to an activating group) is 1. The summed E-state index contributed by atoms with van der Waals surface area (Å²) in [6, 6.07) is 2.27. The van der Waals surface area contributed by atoms with Gasteiger partial charge in [-0.3, -0.25) is 0 Å². The molecule has 0 saturated carbocycles. The van der Waals surface area contributed by atoms with Gasteiger partial charge >= 0.3 is 0 Å². The van der Waals surface area contributed by atoms with E-state index in [4.69, 9.17) is 4.74 Å². The van der Waals surface area contributed by atoms with Gasteiger partial charge in [-0.1, -0.05) is 0 Å². The van der Waals surface area contributed by atoms with Gasteiger partial charge in [-0.25, -0.2) is 4.98 Å². The first-order valence-corrected chi connectivity index (χ1v) is 6.13. The molecule has 1 aliphatic rings. The molecule has 0 radical (unpaired) electrons. The molecule has 0 aromatic carbocycles. The van der Waals surface area contributed by atoms with Crippen LogP contribution in [0.5, 0.6) is 5.88 Å². The first-order chi connectivity index (χ1) is 8.35. The molecular formula is C12H20N4O. The molecule has 1 aliphatic heterocycles. The van der Waals surface area contributed by atoms with Crippen molar-refractivity contribution >= 4 is 5.95 Å². The van der Waals surface area contributed by atoms with Crippen LogP contribution in [-0.2, 0) is 0 Å². The summed E-state index contributed by atoms with van der Waals surface area (Å²) in [5.41, 5.74) is 0. The summed E-state index contributed by atoms with van der Waals surface area (Å²) in [5.74, 6) is 1.41. The number of nitrogens with one attached hydrogen (secondary N) is 1. The summed E-state index contributed by atoms with van der Waals surface area (Å²) in [4.78, 5) is 11.0. The predicted octanol–water partition coefficient (Wildman–Crippen LogP) is 1.06. The van der Waals surface area contributed by atoms with Gasteiger partial charge in [0.1, 0.15) is 0 Å².